The first kappa shape index (κ1) is 23.1. The highest BCUT2D eigenvalue weighted by Crippen LogP contribution is 2.31. The number of benzene rings is 2. The van der Waals surface area contributed by atoms with Gasteiger partial charge in [0.2, 0.25) is 15.9 Å². The molecule has 0 spiro atoms. The molecule has 0 unspecified atom stereocenters. The summed E-state index contributed by atoms with van der Waals surface area (Å²) in [6, 6.07) is 14.6. The van der Waals surface area contributed by atoms with E-state index in [1.54, 1.807) is 6.07 Å². The smallest absolute Gasteiger partial charge is 0.232 e. The highest BCUT2D eigenvalue weighted by molar-refractivity contribution is 7.92. The zero-order chi connectivity index (χ0) is 22.4. The quantitative estimate of drug-likeness (QED) is 0.567. The number of fused-ring (bicyclic) bond motifs is 1. The molecule has 1 heterocycles. The summed E-state index contributed by atoms with van der Waals surface area (Å²) in [7, 11) is -3.64. The summed E-state index contributed by atoms with van der Waals surface area (Å²) in [4.78, 5) is 14.5. The minimum atomic E-state index is -3.64. The number of amides is 1. The Kier molecular flexibility index (Phi) is 7.54. The van der Waals surface area contributed by atoms with E-state index in [-0.39, 0.29) is 24.6 Å². The number of anilines is 2. The molecule has 2 aromatic rings. The van der Waals surface area contributed by atoms with Crippen LogP contribution in [0.3, 0.4) is 0 Å². The molecule has 0 aliphatic carbocycles. The molecular weight excluding hydrogens is 417 g/mol. The van der Waals surface area contributed by atoms with Crippen LogP contribution in [0.25, 0.3) is 0 Å². The van der Waals surface area contributed by atoms with Crippen LogP contribution in [0.5, 0.6) is 0 Å². The van der Waals surface area contributed by atoms with Crippen molar-refractivity contribution in [3.05, 3.63) is 59.9 Å². The Morgan fingerprint density at radius 2 is 1.87 bits per heavy atom. The lowest BCUT2D eigenvalue weighted by molar-refractivity contribution is -0.121. The number of nitrogens with zero attached hydrogens (tertiary/aromatic N) is 2. The topological polar surface area (TPSA) is 69.7 Å². The van der Waals surface area contributed by atoms with Gasteiger partial charge in [-0.05, 0) is 49.9 Å². The maximum absolute atomic E-state index is 14.0. The van der Waals surface area contributed by atoms with E-state index in [9.17, 15) is 17.6 Å². The summed E-state index contributed by atoms with van der Waals surface area (Å²) in [5.41, 5.74) is 2.64. The lowest BCUT2D eigenvalue weighted by Gasteiger charge is -2.25. The van der Waals surface area contributed by atoms with Crippen molar-refractivity contribution in [1.82, 2.24) is 5.32 Å². The van der Waals surface area contributed by atoms with Crippen molar-refractivity contribution in [1.29, 1.82) is 0 Å². The number of sulfonamides is 1. The van der Waals surface area contributed by atoms with E-state index in [0.717, 1.165) is 29.9 Å². The van der Waals surface area contributed by atoms with Gasteiger partial charge in [0.15, 0.2) is 0 Å². The molecule has 1 N–H and O–H groups in total. The van der Waals surface area contributed by atoms with Crippen molar-refractivity contribution in [2.75, 3.05) is 35.1 Å². The van der Waals surface area contributed by atoms with Crippen LogP contribution in [0.4, 0.5) is 15.8 Å². The van der Waals surface area contributed by atoms with E-state index >= 15 is 0 Å². The number of para-hydroxylation sites is 2. The largest absolute Gasteiger partial charge is 0.368 e. The van der Waals surface area contributed by atoms with Gasteiger partial charge in [-0.25, -0.2) is 12.8 Å². The normalized spacial score (nSPS) is 15.6. The van der Waals surface area contributed by atoms with Crippen molar-refractivity contribution in [3.8, 4) is 0 Å². The van der Waals surface area contributed by atoms with Crippen LogP contribution >= 0.6 is 0 Å². The number of halogens is 1. The molecule has 168 valence electrons. The molecule has 3 rings (SSSR count). The molecule has 0 saturated heterocycles. The van der Waals surface area contributed by atoms with Crippen molar-refractivity contribution < 1.29 is 17.6 Å². The second-order valence-corrected chi connectivity index (χ2v) is 9.88. The molecule has 0 fully saturated rings. The zero-order valence-corrected chi connectivity index (χ0v) is 18.9. The number of rotatable bonds is 10. The average molecular weight is 448 g/mol. The van der Waals surface area contributed by atoms with Crippen LogP contribution in [0.2, 0.25) is 0 Å². The maximum atomic E-state index is 14.0. The van der Waals surface area contributed by atoms with E-state index in [1.165, 1.54) is 29.4 Å². The summed E-state index contributed by atoms with van der Waals surface area (Å²) in [6.45, 7) is 3.69. The monoisotopic (exact) mass is 447 g/mol. The van der Waals surface area contributed by atoms with Gasteiger partial charge >= 0.3 is 0 Å². The van der Waals surface area contributed by atoms with Crippen molar-refractivity contribution in [2.24, 2.45) is 0 Å². The van der Waals surface area contributed by atoms with Gasteiger partial charge in [0, 0.05) is 37.8 Å². The summed E-state index contributed by atoms with van der Waals surface area (Å²) >= 11 is 0. The predicted molar refractivity (Wildman–Crippen MR) is 122 cm³/mol. The molecule has 1 aliphatic heterocycles. The van der Waals surface area contributed by atoms with Crippen LogP contribution in [-0.2, 0) is 21.2 Å². The molecule has 0 bridgehead atoms. The first-order valence-corrected chi connectivity index (χ1v) is 12.5. The van der Waals surface area contributed by atoms with E-state index < -0.39 is 15.8 Å². The van der Waals surface area contributed by atoms with Gasteiger partial charge < -0.3 is 10.2 Å². The summed E-state index contributed by atoms with van der Waals surface area (Å²) in [5, 5.41) is 2.90. The average Bonchev–Trinajstić information content (AvgIpc) is 3.03. The van der Waals surface area contributed by atoms with Crippen LogP contribution in [0, 0.1) is 5.82 Å². The fourth-order valence-electron chi connectivity index (χ4n) is 4.04. The van der Waals surface area contributed by atoms with Crippen LogP contribution in [0.15, 0.2) is 48.5 Å². The van der Waals surface area contributed by atoms with Crippen LogP contribution in [0.1, 0.15) is 31.7 Å². The molecule has 0 saturated carbocycles. The second-order valence-electron chi connectivity index (χ2n) is 7.97. The number of hydrogen-bond acceptors (Lipinski definition) is 4. The Morgan fingerprint density at radius 3 is 2.61 bits per heavy atom. The SMILES string of the molecule is C[C@@H]1Cc2ccccc2N1CCCNC(=O)CCCN(c1ccccc1F)S(C)(=O)=O. The predicted octanol–water partition coefficient (Wildman–Crippen LogP) is 3.33. The maximum Gasteiger partial charge on any atom is 0.232 e. The Hall–Kier alpha value is -2.61. The molecule has 1 aliphatic rings. The van der Waals surface area contributed by atoms with E-state index in [2.05, 4.69) is 35.3 Å². The minimum absolute atomic E-state index is 0.00502. The van der Waals surface area contributed by atoms with Crippen molar-refractivity contribution in [2.45, 2.75) is 38.6 Å². The molecule has 0 aromatic heterocycles. The Morgan fingerprint density at radius 1 is 1.16 bits per heavy atom. The highest BCUT2D eigenvalue weighted by Gasteiger charge is 2.24. The summed E-state index contributed by atoms with van der Waals surface area (Å²) in [5.74, 6) is -0.730. The van der Waals surface area contributed by atoms with E-state index in [4.69, 9.17) is 0 Å². The van der Waals surface area contributed by atoms with Gasteiger partial charge in [0.1, 0.15) is 5.82 Å². The lowest BCUT2D eigenvalue weighted by atomic mass is 10.1. The van der Waals surface area contributed by atoms with E-state index in [1.807, 2.05) is 6.07 Å². The zero-order valence-electron chi connectivity index (χ0n) is 18.1. The third-order valence-corrected chi connectivity index (χ3v) is 6.71. The molecule has 6 nitrogen and oxygen atoms in total. The fourth-order valence-corrected chi connectivity index (χ4v) is 5.00. The van der Waals surface area contributed by atoms with Crippen LogP contribution < -0.4 is 14.5 Å². The fraction of sp³-hybridized carbons (Fsp3) is 0.435. The Bertz CT molecular complexity index is 1010. The van der Waals surface area contributed by atoms with Gasteiger partial charge in [-0.3, -0.25) is 9.10 Å². The van der Waals surface area contributed by atoms with Crippen molar-refractivity contribution in [3.63, 3.8) is 0 Å². The molecule has 31 heavy (non-hydrogen) atoms. The molecule has 0 radical (unpaired) electrons. The second kappa shape index (κ2) is 10.1. The summed E-state index contributed by atoms with van der Waals surface area (Å²) in [6.07, 6.45) is 3.40. The molecule has 2 aromatic carbocycles. The van der Waals surface area contributed by atoms with Gasteiger partial charge in [-0.1, -0.05) is 30.3 Å². The summed E-state index contributed by atoms with van der Waals surface area (Å²) < 4.78 is 39.2. The van der Waals surface area contributed by atoms with Gasteiger partial charge in [-0.2, -0.15) is 0 Å². The van der Waals surface area contributed by atoms with Crippen LogP contribution in [-0.4, -0.2) is 46.3 Å². The number of hydrogen-bond donors (Lipinski definition) is 1. The standard InChI is InChI=1S/C23H30FN3O3S/c1-18-17-19-9-3-5-11-21(19)26(18)15-8-14-25-23(28)13-7-16-27(31(2,29)30)22-12-6-4-10-20(22)24/h3-6,9-12,18H,7-8,13-17H2,1-2H3,(H,25,28)/t18-/m1/s1. The molecule has 8 heteroatoms. The molecule has 1 atom stereocenters. The van der Waals surface area contributed by atoms with Gasteiger partial charge in [-0.15, -0.1) is 0 Å². The van der Waals surface area contributed by atoms with Gasteiger partial charge in [0.25, 0.3) is 0 Å². The number of carbonyl (C=O) groups excluding carboxylic acids is 1. The first-order chi connectivity index (χ1) is 14.8. The van der Waals surface area contributed by atoms with E-state index in [0.29, 0.717) is 19.0 Å². The van der Waals surface area contributed by atoms with Crippen molar-refractivity contribution >= 4 is 27.3 Å². The lowest BCUT2D eigenvalue weighted by Crippen LogP contribution is -2.34. The van der Waals surface area contributed by atoms with Gasteiger partial charge in [0.05, 0.1) is 11.9 Å². The first-order valence-electron chi connectivity index (χ1n) is 10.6. The molecule has 1 amide bonds. The number of carbonyl (C=O) groups is 1. The molecular formula is C23H30FN3O3S. The Balaban J connectivity index is 1.42. The third kappa shape index (κ3) is 5.97. The Labute approximate surface area is 184 Å². The number of nitrogens with one attached hydrogen (secondary N) is 1. The minimum Gasteiger partial charge on any atom is -0.368 e. The highest BCUT2D eigenvalue weighted by atomic mass is 32.2. The third-order valence-electron chi connectivity index (χ3n) is 5.53.